The number of nitro groups is 1. The summed E-state index contributed by atoms with van der Waals surface area (Å²) in [5.41, 5.74) is 0.0396. The standard InChI is InChI=1S/C15H14Cl2N4O5S/c16-10-6-11(17)8-12(7-10)20-15(22)18-4-5-19-27(25,26)14-3-1-2-13(9-14)21(23)24/h1-3,6-9,19H,4-5H2,(H2,18,20,22). The van der Waals surface area contributed by atoms with Gasteiger partial charge in [0.2, 0.25) is 10.0 Å². The number of hydrogen-bond donors (Lipinski definition) is 3. The van der Waals surface area contributed by atoms with Crippen molar-refractivity contribution in [2.24, 2.45) is 0 Å². The minimum atomic E-state index is -3.95. The predicted octanol–water partition coefficient (Wildman–Crippen LogP) is 3.00. The fraction of sp³-hybridized carbons (Fsp3) is 0.133. The van der Waals surface area contributed by atoms with Crippen molar-refractivity contribution in [2.75, 3.05) is 18.4 Å². The molecule has 2 aromatic carbocycles. The molecule has 0 atom stereocenters. The highest BCUT2D eigenvalue weighted by atomic mass is 35.5. The molecule has 0 radical (unpaired) electrons. The molecule has 9 nitrogen and oxygen atoms in total. The van der Waals surface area contributed by atoms with Crippen molar-refractivity contribution < 1.29 is 18.1 Å². The summed E-state index contributed by atoms with van der Waals surface area (Å²) in [6.07, 6.45) is 0. The molecule has 0 saturated carbocycles. The molecule has 0 bridgehead atoms. The summed E-state index contributed by atoms with van der Waals surface area (Å²) in [4.78, 5) is 21.6. The number of hydrogen-bond acceptors (Lipinski definition) is 5. The zero-order valence-electron chi connectivity index (χ0n) is 13.6. The molecule has 0 unspecified atom stereocenters. The molecule has 0 aliphatic carbocycles. The Morgan fingerprint density at radius 2 is 1.74 bits per heavy atom. The number of nitrogens with one attached hydrogen (secondary N) is 3. The van der Waals surface area contributed by atoms with Gasteiger partial charge in [-0.2, -0.15) is 0 Å². The Hall–Kier alpha value is -2.40. The molecule has 27 heavy (non-hydrogen) atoms. The van der Waals surface area contributed by atoms with Crippen LogP contribution in [0.4, 0.5) is 16.2 Å². The van der Waals surface area contributed by atoms with E-state index in [1.165, 1.54) is 36.4 Å². The van der Waals surface area contributed by atoms with Crippen LogP contribution in [-0.2, 0) is 10.0 Å². The molecule has 144 valence electrons. The van der Waals surface area contributed by atoms with Crippen LogP contribution in [0.2, 0.25) is 10.0 Å². The van der Waals surface area contributed by atoms with E-state index in [1.54, 1.807) is 0 Å². The van der Waals surface area contributed by atoms with Gasteiger partial charge < -0.3 is 10.6 Å². The van der Waals surface area contributed by atoms with Crippen LogP contribution in [0, 0.1) is 10.1 Å². The van der Waals surface area contributed by atoms with E-state index in [0.717, 1.165) is 6.07 Å². The maximum Gasteiger partial charge on any atom is 0.319 e. The van der Waals surface area contributed by atoms with E-state index in [9.17, 15) is 23.3 Å². The van der Waals surface area contributed by atoms with Crippen LogP contribution >= 0.6 is 23.2 Å². The van der Waals surface area contributed by atoms with Crippen molar-refractivity contribution in [2.45, 2.75) is 4.90 Å². The highest BCUT2D eigenvalue weighted by Crippen LogP contribution is 2.22. The Labute approximate surface area is 164 Å². The lowest BCUT2D eigenvalue weighted by atomic mass is 10.3. The summed E-state index contributed by atoms with van der Waals surface area (Å²) in [6, 6.07) is 8.57. The summed E-state index contributed by atoms with van der Waals surface area (Å²) in [5, 5.41) is 16.4. The van der Waals surface area contributed by atoms with Crippen LogP contribution in [0.5, 0.6) is 0 Å². The number of nitro benzene ring substituents is 1. The molecular weight excluding hydrogens is 419 g/mol. The van der Waals surface area contributed by atoms with Gasteiger partial charge in [0.05, 0.1) is 9.82 Å². The van der Waals surface area contributed by atoms with Gasteiger partial charge in [0, 0.05) is 41.0 Å². The third-order valence-corrected chi connectivity index (χ3v) is 5.06. The first-order chi connectivity index (χ1) is 12.7. The number of rotatable bonds is 7. The second-order valence-corrected chi connectivity index (χ2v) is 7.83. The Bertz CT molecular complexity index is 948. The number of urea groups is 1. The van der Waals surface area contributed by atoms with E-state index in [4.69, 9.17) is 23.2 Å². The van der Waals surface area contributed by atoms with Crippen LogP contribution in [0.25, 0.3) is 0 Å². The van der Waals surface area contributed by atoms with Crippen LogP contribution in [0.3, 0.4) is 0 Å². The molecule has 2 rings (SSSR count). The number of halogens is 2. The van der Waals surface area contributed by atoms with E-state index >= 15 is 0 Å². The molecule has 3 N–H and O–H groups in total. The largest absolute Gasteiger partial charge is 0.337 e. The van der Waals surface area contributed by atoms with E-state index in [2.05, 4.69) is 15.4 Å². The van der Waals surface area contributed by atoms with E-state index in [-0.39, 0.29) is 23.7 Å². The molecule has 0 saturated heterocycles. The predicted molar refractivity (Wildman–Crippen MR) is 102 cm³/mol. The lowest BCUT2D eigenvalue weighted by molar-refractivity contribution is -0.385. The van der Waals surface area contributed by atoms with Crippen molar-refractivity contribution >= 4 is 50.6 Å². The number of anilines is 1. The molecule has 0 heterocycles. The van der Waals surface area contributed by atoms with Crippen LogP contribution < -0.4 is 15.4 Å². The third kappa shape index (κ3) is 6.36. The van der Waals surface area contributed by atoms with Crippen molar-refractivity contribution in [3.63, 3.8) is 0 Å². The monoisotopic (exact) mass is 432 g/mol. The van der Waals surface area contributed by atoms with Gasteiger partial charge in [-0.25, -0.2) is 17.9 Å². The van der Waals surface area contributed by atoms with Gasteiger partial charge in [0.25, 0.3) is 5.69 Å². The molecule has 2 amide bonds. The number of sulfonamides is 1. The number of carbonyl (C=O) groups is 1. The first-order valence-corrected chi connectivity index (χ1v) is 9.66. The molecule has 0 fully saturated rings. The maximum atomic E-state index is 12.1. The maximum absolute atomic E-state index is 12.1. The summed E-state index contributed by atoms with van der Waals surface area (Å²) < 4.78 is 26.5. The van der Waals surface area contributed by atoms with Gasteiger partial charge in [-0.1, -0.05) is 29.3 Å². The zero-order chi connectivity index (χ0) is 20.0. The minimum Gasteiger partial charge on any atom is -0.337 e. The highest BCUT2D eigenvalue weighted by Gasteiger charge is 2.17. The summed E-state index contributed by atoms with van der Waals surface area (Å²) >= 11 is 11.6. The SMILES string of the molecule is O=C(NCCNS(=O)(=O)c1cccc([N+](=O)[O-])c1)Nc1cc(Cl)cc(Cl)c1. The molecule has 12 heteroatoms. The number of amides is 2. The van der Waals surface area contributed by atoms with Gasteiger partial charge >= 0.3 is 6.03 Å². The zero-order valence-corrected chi connectivity index (χ0v) is 15.9. The normalized spacial score (nSPS) is 11.0. The molecule has 0 aliphatic heterocycles. The van der Waals surface area contributed by atoms with Gasteiger partial charge in [-0.3, -0.25) is 10.1 Å². The fourth-order valence-corrected chi connectivity index (χ4v) is 3.61. The summed E-state index contributed by atoms with van der Waals surface area (Å²) in [5.74, 6) is 0. The smallest absolute Gasteiger partial charge is 0.319 e. The Morgan fingerprint density at radius 1 is 1.07 bits per heavy atom. The second-order valence-electron chi connectivity index (χ2n) is 5.19. The minimum absolute atomic E-state index is 0.0196. The lowest BCUT2D eigenvalue weighted by Crippen LogP contribution is -2.36. The van der Waals surface area contributed by atoms with Crippen molar-refractivity contribution in [1.29, 1.82) is 0 Å². The van der Waals surface area contributed by atoms with Gasteiger partial charge in [0.1, 0.15) is 0 Å². The van der Waals surface area contributed by atoms with Crippen LogP contribution in [0.1, 0.15) is 0 Å². The first-order valence-electron chi connectivity index (χ1n) is 7.42. The third-order valence-electron chi connectivity index (χ3n) is 3.16. The Kier molecular flexibility index (Phi) is 6.97. The number of nitrogens with zero attached hydrogens (tertiary/aromatic N) is 1. The average molecular weight is 433 g/mol. The van der Waals surface area contributed by atoms with Crippen molar-refractivity contribution in [1.82, 2.24) is 10.0 Å². The van der Waals surface area contributed by atoms with Crippen LogP contribution in [-0.4, -0.2) is 32.5 Å². The van der Waals surface area contributed by atoms with Crippen LogP contribution in [0.15, 0.2) is 47.4 Å². The molecule has 0 aliphatic rings. The molecule has 2 aromatic rings. The van der Waals surface area contributed by atoms with Crippen molar-refractivity contribution in [3.8, 4) is 0 Å². The number of carbonyl (C=O) groups excluding carboxylic acids is 1. The Balaban J connectivity index is 1.85. The first kappa shape index (κ1) is 20.9. The average Bonchev–Trinajstić information content (AvgIpc) is 2.58. The Morgan fingerprint density at radius 3 is 2.37 bits per heavy atom. The topological polar surface area (TPSA) is 130 Å². The van der Waals surface area contributed by atoms with Gasteiger partial charge in [-0.05, 0) is 24.3 Å². The van der Waals surface area contributed by atoms with E-state index < -0.39 is 21.0 Å². The van der Waals surface area contributed by atoms with E-state index in [1.807, 2.05) is 0 Å². The number of benzene rings is 2. The van der Waals surface area contributed by atoms with E-state index in [0.29, 0.717) is 15.7 Å². The summed E-state index contributed by atoms with van der Waals surface area (Å²) in [7, 11) is -3.95. The molecular formula is C15H14Cl2N4O5S. The number of non-ortho nitro benzene ring substituents is 1. The fourth-order valence-electron chi connectivity index (χ4n) is 2.01. The lowest BCUT2D eigenvalue weighted by Gasteiger charge is -2.10. The second kappa shape index (κ2) is 9.00. The molecule has 0 spiro atoms. The van der Waals surface area contributed by atoms with Gasteiger partial charge in [-0.15, -0.1) is 0 Å². The molecule has 0 aromatic heterocycles. The van der Waals surface area contributed by atoms with Crippen molar-refractivity contribution in [3.05, 3.63) is 62.6 Å². The van der Waals surface area contributed by atoms with Gasteiger partial charge in [0.15, 0.2) is 0 Å². The highest BCUT2D eigenvalue weighted by molar-refractivity contribution is 7.89. The summed E-state index contributed by atoms with van der Waals surface area (Å²) in [6.45, 7) is -0.136. The quantitative estimate of drug-likeness (QED) is 0.351.